The number of hydrogen-bond donors (Lipinski definition) is 2. The Balaban J connectivity index is 2.21. The fourth-order valence-corrected chi connectivity index (χ4v) is 1.90. The van der Waals surface area contributed by atoms with Crippen LogP contribution in [-0.4, -0.2) is 81.3 Å². The average molecular weight is 272 g/mol. The van der Waals surface area contributed by atoms with Gasteiger partial charge in [-0.15, -0.1) is 0 Å². The highest BCUT2D eigenvalue weighted by Gasteiger charge is 2.23. The van der Waals surface area contributed by atoms with Gasteiger partial charge in [0.05, 0.1) is 13.2 Å². The number of ether oxygens (including phenoxy) is 1. The van der Waals surface area contributed by atoms with Crippen molar-refractivity contribution >= 4 is 11.9 Å². The van der Waals surface area contributed by atoms with Gasteiger partial charge < -0.3 is 25.2 Å². The van der Waals surface area contributed by atoms with E-state index >= 15 is 0 Å². The molecule has 1 aliphatic heterocycles. The van der Waals surface area contributed by atoms with Gasteiger partial charge in [-0.2, -0.15) is 0 Å². The summed E-state index contributed by atoms with van der Waals surface area (Å²) in [5.74, 6) is 0.0756. The summed E-state index contributed by atoms with van der Waals surface area (Å²) in [6, 6.07) is -0.0483. The second-order valence-electron chi connectivity index (χ2n) is 4.37. The summed E-state index contributed by atoms with van der Waals surface area (Å²) in [6.07, 6.45) is 0. The molecule has 0 atom stereocenters. The minimum Gasteiger partial charge on any atom is -0.383 e. The van der Waals surface area contributed by atoms with Crippen molar-refractivity contribution in [2.45, 2.75) is 6.92 Å². The van der Waals surface area contributed by atoms with Crippen molar-refractivity contribution < 1.29 is 14.3 Å². The number of rotatable bonds is 6. The Bertz CT molecular complexity index is 291. The van der Waals surface area contributed by atoms with Crippen molar-refractivity contribution in [3.8, 4) is 0 Å². The SMILES string of the molecule is CCNC(=O)N1CCN(C(=O)CNCCOC)CC1. The molecule has 1 saturated heterocycles. The smallest absolute Gasteiger partial charge is 0.317 e. The summed E-state index contributed by atoms with van der Waals surface area (Å²) in [5.41, 5.74) is 0. The number of carbonyl (C=O) groups is 2. The third kappa shape index (κ3) is 5.44. The summed E-state index contributed by atoms with van der Waals surface area (Å²) in [6.45, 7) is 6.49. The van der Waals surface area contributed by atoms with E-state index in [1.165, 1.54) is 0 Å². The molecule has 0 aromatic heterocycles. The molecule has 110 valence electrons. The van der Waals surface area contributed by atoms with Gasteiger partial charge in [-0.3, -0.25) is 4.79 Å². The molecule has 0 spiro atoms. The van der Waals surface area contributed by atoms with Crippen molar-refractivity contribution in [3.63, 3.8) is 0 Å². The Kier molecular flexibility index (Phi) is 7.20. The first kappa shape index (κ1) is 15.7. The lowest BCUT2D eigenvalue weighted by Crippen LogP contribution is -2.54. The zero-order chi connectivity index (χ0) is 14.1. The first-order valence-corrected chi connectivity index (χ1v) is 6.69. The minimum atomic E-state index is -0.0483. The fraction of sp³-hybridized carbons (Fsp3) is 0.833. The van der Waals surface area contributed by atoms with Crippen LogP contribution in [0.15, 0.2) is 0 Å². The van der Waals surface area contributed by atoms with Crippen LogP contribution in [0.25, 0.3) is 0 Å². The molecule has 0 aliphatic carbocycles. The Morgan fingerprint density at radius 3 is 2.37 bits per heavy atom. The number of amides is 3. The zero-order valence-corrected chi connectivity index (χ0v) is 11.8. The van der Waals surface area contributed by atoms with Gasteiger partial charge in [0.15, 0.2) is 0 Å². The summed E-state index contributed by atoms with van der Waals surface area (Å²) in [7, 11) is 1.63. The molecular formula is C12H24N4O3. The fourth-order valence-electron chi connectivity index (χ4n) is 1.90. The quantitative estimate of drug-likeness (QED) is 0.614. The summed E-state index contributed by atoms with van der Waals surface area (Å²) >= 11 is 0. The molecule has 1 rings (SSSR count). The number of urea groups is 1. The highest BCUT2D eigenvalue weighted by molar-refractivity contribution is 5.79. The van der Waals surface area contributed by atoms with E-state index in [0.717, 1.165) is 0 Å². The number of nitrogens with one attached hydrogen (secondary N) is 2. The average Bonchev–Trinajstić information content (AvgIpc) is 2.44. The second-order valence-corrected chi connectivity index (χ2v) is 4.37. The third-order valence-electron chi connectivity index (χ3n) is 3.01. The van der Waals surface area contributed by atoms with E-state index < -0.39 is 0 Å². The molecule has 7 nitrogen and oxygen atoms in total. The van der Waals surface area contributed by atoms with Crippen LogP contribution in [0.2, 0.25) is 0 Å². The summed E-state index contributed by atoms with van der Waals surface area (Å²) in [5, 5.41) is 5.79. The van der Waals surface area contributed by atoms with Crippen LogP contribution in [0.3, 0.4) is 0 Å². The van der Waals surface area contributed by atoms with E-state index in [0.29, 0.717) is 52.4 Å². The largest absolute Gasteiger partial charge is 0.383 e. The van der Waals surface area contributed by atoms with Crippen LogP contribution in [0, 0.1) is 0 Å². The topological polar surface area (TPSA) is 73.9 Å². The van der Waals surface area contributed by atoms with E-state index in [9.17, 15) is 9.59 Å². The van der Waals surface area contributed by atoms with Crippen LogP contribution in [0.4, 0.5) is 4.79 Å². The molecule has 0 unspecified atom stereocenters. The van der Waals surface area contributed by atoms with Gasteiger partial charge in [-0.25, -0.2) is 4.79 Å². The molecule has 0 aromatic carbocycles. The Morgan fingerprint density at radius 1 is 1.16 bits per heavy atom. The molecule has 1 heterocycles. The van der Waals surface area contributed by atoms with Crippen molar-refractivity contribution in [3.05, 3.63) is 0 Å². The number of hydrogen-bond acceptors (Lipinski definition) is 4. The van der Waals surface area contributed by atoms with E-state index in [4.69, 9.17) is 4.74 Å². The van der Waals surface area contributed by atoms with Crippen LogP contribution < -0.4 is 10.6 Å². The number of methoxy groups -OCH3 is 1. The molecule has 19 heavy (non-hydrogen) atoms. The Morgan fingerprint density at radius 2 is 1.79 bits per heavy atom. The maximum atomic E-state index is 11.9. The Labute approximate surface area is 114 Å². The van der Waals surface area contributed by atoms with Gasteiger partial charge >= 0.3 is 6.03 Å². The molecule has 2 N–H and O–H groups in total. The maximum absolute atomic E-state index is 11.9. The lowest BCUT2D eigenvalue weighted by atomic mass is 10.3. The van der Waals surface area contributed by atoms with Gasteiger partial charge in [0.25, 0.3) is 0 Å². The molecule has 1 aliphatic rings. The van der Waals surface area contributed by atoms with E-state index in [-0.39, 0.29) is 11.9 Å². The van der Waals surface area contributed by atoms with Crippen LogP contribution in [-0.2, 0) is 9.53 Å². The number of nitrogens with zero attached hydrogens (tertiary/aromatic N) is 2. The third-order valence-corrected chi connectivity index (χ3v) is 3.01. The molecule has 7 heteroatoms. The van der Waals surface area contributed by atoms with E-state index in [1.807, 2.05) is 6.92 Å². The summed E-state index contributed by atoms with van der Waals surface area (Å²) in [4.78, 5) is 27.0. The van der Waals surface area contributed by atoms with E-state index in [2.05, 4.69) is 10.6 Å². The first-order chi connectivity index (χ1) is 9.19. The highest BCUT2D eigenvalue weighted by Crippen LogP contribution is 2.02. The van der Waals surface area contributed by atoms with Gasteiger partial charge in [-0.1, -0.05) is 0 Å². The van der Waals surface area contributed by atoms with Crippen molar-refractivity contribution in [1.29, 1.82) is 0 Å². The standard InChI is InChI=1S/C12H24N4O3/c1-3-14-12(18)16-7-5-15(6-8-16)11(17)10-13-4-9-19-2/h13H,3-10H2,1-2H3,(H,14,18). The lowest BCUT2D eigenvalue weighted by molar-refractivity contribution is -0.131. The zero-order valence-electron chi connectivity index (χ0n) is 11.8. The second kappa shape index (κ2) is 8.71. The van der Waals surface area contributed by atoms with Crippen LogP contribution >= 0.6 is 0 Å². The van der Waals surface area contributed by atoms with Crippen molar-refractivity contribution in [2.24, 2.45) is 0 Å². The summed E-state index contributed by atoms with van der Waals surface area (Å²) < 4.78 is 4.89. The predicted molar refractivity (Wildman–Crippen MR) is 72.0 cm³/mol. The van der Waals surface area contributed by atoms with Gasteiger partial charge in [0.2, 0.25) is 5.91 Å². The molecular weight excluding hydrogens is 248 g/mol. The lowest BCUT2D eigenvalue weighted by Gasteiger charge is -2.34. The number of piperazine rings is 1. The van der Waals surface area contributed by atoms with Gasteiger partial charge in [-0.05, 0) is 6.92 Å². The number of carbonyl (C=O) groups excluding carboxylic acids is 2. The van der Waals surface area contributed by atoms with Gasteiger partial charge in [0, 0.05) is 46.4 Å². The van der Waals surface area contributed by atoms with E-state index in [1.54, 1.807) is 16.9 Å². The molecule has 1 fully saturated rings. The normalized spacial score (nSPS) is 15.5. The van der Waals surface area contributed by atoms with Crippen molar-refractivity contribution in [1.82, 2.24) is 20.4 Å². The van der Waals surface area contributed by atoms with Crippen LogP contribution in [0.5, 0.6) is 0 Å². The van der Waals surface area contributed by atoms with Crippen LogP contribution in [0.1, 0.15) is 6.92 Å². The molecule has 0 aromatic rings. The molecule has 0 saturated carbocycles. The molecule has 0 radical (unpaired) electrons. The molecule has 0 bridgehead atoms. The Hall–Kier alpha value is -1.34. The molecule has 3 amide bonds. The monoisotopic (exact) mass is 272 g/mol. The predicted octanol–water partition coefficient (Wildman–Crippen LogP) is -0.904. The maximum Gasteiger partial charge on any atom is 0.317 e. The highest BCUT2D eigenvalue weighted by atomic mass is 16.5. The minimum absolute atomic E-state index is 0.0483. The first-order valence-electron chi connectivity index (χ1n) is 6.69. The van der Waals surface area contributed by atoms with Gasteiger partial charge in [0.1, 0.15) is 0 Å². The van der Waals surface area contributed by atoms with Crippen molar-refractivity contribution in [2.75, 3.05) is 59.5 Å².